The summed E-state index contributed by atoms with van der Waals surface area (Å²) in [4.78, 5) is 18.6. The molecule has 7 nitrogen and oxygen atoms in total. The molecule has 3 heterocycles. The van der Waals surface area contributed by atoms with Crippen LogP contribution in [0.5, 0.6) is 0 Å². The van der Waals surface area contributed by atoms with E-state index >= 15 is 0 Å². The zero-order valence-electron chi connectivity index (χ0n) is 11.7. The van der Waals surface area contributed by atoms with E-state index in [4.69, 9.17) is 5.84 Å². The maximum Gasteiger partial charge on any atom is 0.269 e. The molecule has 1 fully saturated rings. The van der Waals surface area contributed by atoms with Crippen LogP contribution in [0.1, 0.15) is 18.5 Å². The van der Waals surface area contributed by atoms with E-state index in [1.807, 2.05) is 12.1 Å². The van der Waals surface area contributed by atoms with Crippen molar-refractivity contribution in [2.24, 2.45) is 5.84 Å². The molecule has 0 spiro atoms. The summed E-state index contributed by atoms with van der Waals surface area (Å²) in [6, 6.07) is 7.07. The summed E-state index contributed by atoms with van der Waals surface area (Å²) in [7, 11) is 0. The Morgan fingerprint density at radius 3 is 2.81 bits per heavy atom. The molecule has 0 aliphatic carbocycles. The van der Waals surface area contributed by atoms with Crippen LogP contribution in [0.2, 0.25) is 0 Å². The van der Waals surface area contributed by atoms with Gasteiger partial charge in [0.15, 0.2) is 0 Å². The average Bonchev–Trinajstić information content (AvgIpc) is 3.04. The Morgan fingerprint density at radius 2 is 2.10 bits per heavy atom. The predicted octanol–water partition coefficient (Wildman–Crippen LogP) is 0.572. The highest BCUT2D eigenvalue weighted by Gasteiger charge is 2.13. The fourth-order valence-corrected chi connectivity index (χ4v) is 2.49. The van der Waals surface area contributed by atoms with Gasteiger partial charge in [-0.1, -0.05) is 6.07 Å². The first-order valence-corrected chi connectivity index (χ1v) is 7.01. The maximum absolute atomic E-state index is 12.2. The van der Waals surface area contributed by atoms with E-state index in [2.05, 4.69) is 20.4 Å². The first-order chi connectivity index (χ1) is 10.3. The molecule has 110 valence electrons. The number of pyridine rings is 1. The minimum absolute atomic E-state index is 0.118. The first-order valence-electron chi connectivity index (χ1n) is 7.01. The van der Waals surface area contributed by atoms with Crippen molar-refractivity contribution in [1.82, 2.24) is 14.8 Å². The number of rotatable bonds is 4. The Labute approximate surface area is 122 Å². The van der Waals surface area contributed by atoms with E-state index < -0.39 is 0 Å². The second-order valence-electron chi connectivity index (χ2n) is 5.06. The van der Waals surface area contributed by atoms with Gasteiger partial charge in [-0.25, -0.2) is 15.5 Å². The minimum Gasteiger partial charge on any atom is -0.370 e. The molecule has 0 saturated carbocycles. The number of aromatic nitrogens is 3. The van der Waals surface area contributed by atoms with Crippen molar-refractivity contribution in [3.05, 3.63) is 46.5 Å². The maximum atomic E-state index is 12.2. The molecule has 2 aromatic heterocycles. The van der Waals surface area contributed by atoms with Crippen LogP contribution in [0.3, 0.4) is 0 Å². The Hall–Kier alpha value is -2.41. The second-order valence-corrected chi connectivity index (χ2v) is 5.06. The van der Waals surface area contributed by atoms with Crippen LogP contribution < -0.4 is 21.7 Å². The van der Waals surface area contributed by atoms with Gasteiger partial charge in [0.25, 0.3) is 5.56 Å². The molecule has 2 aromatic rings. The third-order valence-electron chi connectivity index (χ3n) is 3.59. The average molecular weight is 286 g/mol. The number of nitrogens with two attached hydrogens (primary N) is 1. The molecule has 0 bridgehead atoms. The van der Waals surface area contributed by atoms with Crippen LogP contribution in [0, 0.1) is 0 Å². The van der Waals surface area contributed by atoms with Gasteiger partial charge in [0.05, 0.1) is 24.1 Å². The standard InChI is InChI=1S/C14H18N6O/c15-18-13-5-3-4-11(17-13)10-20-14(21)8-12(9-16-20)19-6-1-2-7-19/h3-5,8-9H,1-2,6-7,10,15H2,(H,17,18). The third kappa shape index (κ3) is 3.03. The summed E-state index contributed by atoms with van der Waals surface area (Å²) < 4.78 is 1.40. The number of anilines is 2. The van der Waals surface area contributed by atoms with Crippen molar-refractivity contribution in [3.8, 4) is 0 Å². The van der Waals surface area contributed by atoms with E-state index in [0.717, 1.165) is 24.5 Å². The van der Waals surface area contributed by atoms with Crippen LogP contribution in [0.25, 0.3) is 0 Å². The Morgan fingerprint density at radius 1 is 1.29 bits per heavy atom. The number of hydrogen-bond donors (Lipinski definition) is 2. The van der Waals surface area contributed by atoms with Gasteiger partial charge in [-0.2, -0.15) is 5.10 Å². The van der Waals surface area contributed by atoms with Crippen molar-refractivity contribution in [3.63, 3.8) is 0 Å². The molecule has 0 unspecified atom stereocenters. The summed E-state index contributed by atoms with van der Waals surface area (Å²) in [5.41, 5.74) is 4.00. The minimum atomic E-state index is -0.118. The zero-order chi connectivity index (χ0) is 14.7. The highest BCUT2D eigenvalue weighted by Crippen LogP contribution is 2.16. The lowest BCUT2D eigenvalue weighted by Gasteiger charge is -2.17. The molecule has 1 aliphatic rings. The van der Waals surface area contributed by atoms with Gasteiger partial charge in [-0.05, 0) is 25.0 Å². The summed E-state index contributed by atoms with van der Waals surface area (Å²) in [5.74, 6) is 5.89. The van der Waals surface area contributed by atoms with Crippen LogP contribution in [-0.2, 0) is 6.54 Å². The molecular formula is C14H18N6O. The van der Waals surface area contributed by atoms with Crippen LogP contribution >= 0.6 is 0 Å². The van der Waals surface area contributed by atoms with E-state index in [1.165, 1.54) is 17.5 Å². The van der Waals surface area contributed by atoms with Crippen LogP contribution in [0.4, 0.5) is 11.5 Å². The number of nitrogen functional groups attached to an aromatic ring is 1. The summed E-state index contributed by atoms with van der Waals surface area (Å²) in [6.45, 7) is 2.32. The second kappa shape index (κ2) is 5.92. The van der Waals surface area contributed by atoms with E-state index in [1.54, 1.807) is 18.3 Å². The van der Waals surface area contributed by atoms with Gasteiger partial charge in [-0.15, -0.1) is 0 Å². The molecule has 7 heteroatoms. The number of hydrazine groups is 1. The van der Waals surface area contributed by atoms with Crippen molar-refractivity contribution in [2.75, 3.05) is 23.4 Å². The highest BCUT2D eigenvalue weighted by atomic mass is 16.1. The first kappa shape index (κ1) is 13.6. The van der Waals surface area contributed by atoms with E-state index in [0.29, 0.717) is 12.4 Å². The topological polar surface area (TPSA) is 89.1 Å². The number of hydrogen-bond acceptors (Lipinski definition) is 6. The van der Waals surface area contributed by atoms with Gasteiger partial charge < -0.3 is 10.3 Å². The highest BCUT2D eigenvalue weighted by molar-refractivity contribution is 5.43. The molecule has 0 radical (unpaired) electrons. The summed E-state index contributed by atoms with van der Waals surface area (Å²) in [6.07, 6.45) is 4.09. The Kier molecular flexibility index (Phi) is 3.83. The SMILES string of the molecule is NNc1cccc(Cn2ncc(N3CCCC3)cc2=O)n1. The largest absolute Gasteiger partial charge is 0.370 e. The van der Waals surface area contributed by atoms with Gasteiger partial charge in [0, 0.05) is 19.2 Å². The van der Waals surface area contributed by atoms with Crippen molar-refractivity contribution >= 4 is 11.5 Å². The van der Waals surface area contributed by atoms with Crippen molar-refractivity contribution in [1.29, 1.82) is 0 Å². The van der Waals surface area contributed by atoms with Gasteiger partial charge in [0.1, 0.15) is 5.82 Å². The molecule has 3 rings (SSSR count). The molecule has 0 atom stereocenters. The molecule has 0 aromatic carbocycles. The summed E-state index contributed by atoms with van der Waals surface area (Å²) in [5, 5.41) is 4.24. The molecule has 0 amide bonds. The third-order valence-corrected chi connectivity index (χ3v) is 3.59. The summed E-state index contributed by atoms with van der Waals surface area (Å²) >= 11 is 0. The monoisotopic (exact) mass is 286 g/mol. The van der Waals surface area contributed by atoms with Crippen molar-refractivity contribution < 1.29 is 0 Å². The zero-order valence-corrected chi connectivity index (χ0v) is 11.7. The quantitative estimate of drug-likeness (QED) is 0.631. The van der Waals surface area contributed by atoms with Gasteiger partial charge in [-0.3, -0.25) is 4.79 Å². The normalized spacial score (nSPS) is 14.4. The van der Waals surface area contributed by atoms with Crippen molar-refractivity contribution in [2.45, 2.75) is 19.4 Å². The molecule has 3 N–H and O–H groups in total. The Balaban J connectivity index is 1.80. The molecule has 1 aliphatic heterocycles. The lowest BCUT2D eigenvalue weighted by molar-refractivity contribution is 0.627. The predicted molar refractivity (Wildman–Crippen MR) is 81.1 cm³/mol. The lowest BCUT2D eigenvalue weighted by Crippen LogP contribution is -2.26. The van der Waals surface area contributed by atoms with Gasteiger partial charge >= 0.3 is 0 Å². The smallest absolute Gasteiger partial charge is 0.269 e. The number of nitrogens with one attached hydrogen (secondary N) is 1. The lowest BCUT2D eigenvalue weighted by atomic mass is 10.3. The Bertz CT molecular complexity index is 677. The van der Waals surface area contributed by atoms with E-state index in [-0.39, 0.29) is 5.56 Å². The fourth-order valence-electron chi connectivity index (χ4n) is 2.49. The van der Waals surface area contributed by atoms with Crippen LogP contribution in [0.15, 0.2) is 35.3 Å². The number of nitrogens with zero attached hydrogens (tertiary/aromatic N) is 4. The van der Waals surface area contributed by atoms with Gasteiger partial charge in [0.2, 0.25) is 0 Å². The molecule has 1 saturated heterocycles. The molecule has 21 heavy (non-hydrogen) atoms. The van der Waals surface area contributed by atoms with E-state index in [9.17, 15) is 4.79 Å². The molecular weight excluding hydrogens is 268 g/mol. The van der Waals surface area contributed by atoms with Crippen LogP contribution in [-0.4, -0.2) is 27.9 Å². The fraction of sp³-hybridized carbons (Fsp3) is 0.357.